The maximum absolute atomic E-state index is 13.4. The Labute approximate surface area is 170 Å². The number of rotatable bonds is 6. The Morgan fingerprint density at radius 1 is 1.17 bits per heavy atom. The lowest BCUT2D eigenvalue weighted by Crippen LogP contribution is -2.47. The Hall–Kier alpha value is -2.47. The summed E-state index contributed by atoms with van der Waals surface area (Å²) in [6, 6.07) is 10.0. The zero-order valence-corrected chi connectivity index (χ0v) is 16.5. The van der Waals surface area contributed by atoms with Gasteiger partial charge < -0.3 is 14.8 Å². The highest BCUT2D eigenvalue weighted by Crippen LogP contribution is 2.35. The van der Waals surface area contributed by atoms with E-state index in [4.69, 9.17) is 9.47 Å². The zero-order valence-electron chi connectivity index (χ0n) is 16.5. The topological polar surface area (TPSA) is 60.5 Å². The second-order valence-corrected chi connectivity index (χ2v) is 7.91. The van der Waals surface area contributed by atoms with Gasteiger partial charge in [-0.1, -0.05) is 12.1 Å². The van der Waals surface area contributed by atoms with E-state index in [1.807, 2.05) is 12.1 Å². The highest BCUT2D eigenvalue weighted by Gasteiger charge is 2.41. The fourth-order valence-electron chi connectivity index (χ4n) is 4.29. The highest BCUT2D eigenvalue weighted by atomic mass is 19.1. The molecular formula is C23H27FN2O3. The first-order chi connectivity index (χ1) is 14.2. The summed E-state index contributed by atoms with van der Waals surface area (Å²) in [5.41, 5.74) is 1.09. The van der Waals surface area contributed by atoms with Crippen molar-refractivity contribution in [3.8, 4) is 5.88 Å². The third-order valence-electron chi connectivity index (χ3n) is 6.02. The molecule has 0 unspecified atom stereocenters. The summed E-state index contributed by atoms with van der Waals surface area (Å²) in [5.74, 6) is 0.258. The Morgan fingerprint density at radius 3 is 2.62 bits per heavy atom. The molecular weight excluding hydrogens is 371 g/mol. The highest BCUT2D eigenvalue weighted by molar-refractivity contribution is 5.88. The first-order valence-electron chi connectivity index (χ1n) is 10.4. The number of nitrogens with zero attached hydrogens (tertiary/aromatic N) is 1. The van der Waals surface area contributed by atoms with Gasteiger partial charge in [0.15, 0.2) is 0 Å². The molecule has 5 nitrogen and oxygen atoms in total. The molecule has 1 amide bonds. The average molecular weight is 398 g/mol. The Bertz CT molecular complexity index is 828. The van der Waals surface area contributed by atoms with E-state index >= 15 is 0 Å². The molecule has 2 fully saturated rings. The molecule has 0 bridgehead atoms. The van der Waals surface area contributed by atoms with Gasteiger partial charge in [-0.3, -0.25) is 4.79 Å². The molecule has 0 radical (unpaired) electrons. The van der Waals surface area contributed by atoms with Gasteiger partial charge in [0.05, 0.1) is 5.41 Å². The molecule has 1 saturated carbocycles. The van der Waals surface area contributed by atoms with E-state index in [0.29, 0.717) is 38.5 Å². The summed E-state index contributed by atoms with van der Waals surface area (Å²) in [6.07, 6.45) is 7.68. The second kappa shape index (κ2) is 8.91. The fraction of sp³-hybridized carbons (Fsp3) is 0.478. The molecule has 2 aliphatic rings. The van der Waals surface area contributed by atoms with Gasteiger partial charge in [0.1, 0.15) is 11.9 Å². The first-order valence-corrected chi connectivity index (χ1v) is 10.4. The number of aromatic nitrogens is 1. The maximum Gasteiger partial charge on any atom is 0.231 e. The SMILES string of the molecule is O=C(NCc1ccnc(OC2CCCC2)c1)C1(c2ccc(F)cc2)CCOCC1. The standard InChI is InChI=1S/C23H27FN2O3/c24-19-7-5-18(6-8-19)23(10-13-28-14-11-23)22(27)26-16-17-9-12-25-21(15-17)29-20-3-1-2-4-20/h5-9,12,15,20H,1-4,10-11,13-14,16H2,(H,26,27). The largest absolute Gasteiger partial charge is 0.474 e. The summed E-state index contributed by atoms with van der Waals surface area (Å²) in [5, 5.41) is 3.07. The van der Waals surface area contributed by atoms with Gasteiger partial charge in [0.25, 0.3) is 0 Å². The van der Waals surface area contributed by atoms with E-state index in [2.05, 4.69) is 10.3 Å². The molecule has 0 atom stereocenters. The lowest BCUT2D eigenvalue weighted by molar-refractivity contribution is -0.130. The van der Waals surface area contributed by atoms with E-state index in [1.165, 1.54) is 25.0 Å². The number of hydrogen-bond donors (Lipinski definition) is 1. The Balaban J connectivity index is 1.45. The van der Waals surface area contributed by atoms with Crippen LogP contribution in [0.1, 0.15) is 49.7 Å². The molecule has 1 aromatic carbocycles. The minimum absolute atomic E-state index is 0.0533. The molecule has 1 aromatic heterocycles. The van der Waals surface area contributed by atoms with Gasteiger partial charge in [-0.15, -0.1) is 0 Å². The Kier molecular flexibility index (Phi) is 6.09. The number of nitrogens with one attached hydrogen (secondary N) is 1. The minimum Gasteiger partial charge on any atom is -0.474 e. The number of benzene rings is 1. The number of halogens is 1. The van der Waals surface area contributed by atoms with Crippen molar-refractivity contribution < 1.29 is 18.7 Å². The monoisotopic (exact) mass is 398 g/mol. The number of carbonyl (C=O) groups excluding carboxylic acids is 1. The van der Waals surface area contributed by atoms with Gasteiger partial charge in [-0.05, 0) is 67.9 Å². The van der Waals surface area contributed by atoms with E-state index in [1.54, 1.807) is 18.3 Å². The lowest BCUT2D eigenvalue weighted by Gasteiger charge is -2.36. The number of hydrogen-bond acceptors (Lipinski definition) is 4. The van der Waals surface area contributed by atoms with Crippen molar-refractivity contribution in [2.75, 3.05) is 13.2 Å². The van der Waals surface area contributed by atoms with Crippen LogP contribution in [-0.4, -0.2) is 30.2 Å². The molecule has 1 N–H and O–H groups in total. The van der Waals surface area contributed by atoms with Crippen molar-refractivity contribution in [2.45, 2.75) is 56.6 Å². The van der Waals surface area contributed by atoms with Crippen LogP contribution < -0.4 is 10.1 Å². The van der Waals surface area contributed by atoms with Gasteiger partial charge in [0.2, 0.25) is 11.8 Å². The van der Waals surface area contributed by atoms with Crippen molar-refractivity contribution in [1.82, 2.24) is 10.3 Å². The molecule has 2 heterocycles. The summed E-state index contributed by atoms with van der Waals surface area (Å²) in [6.45, 7) is 1.42. The van der Waals surface area contributed by atoms with Crippen LogP contribution in [0.15, 0.2) is 42.6 Å². The van der Waals surface area contributed by atoms with Crippen LogP contribution in [0.5, 0.6) is 5.88 Å². The van der Waals surface area contributed by atoms with E-state index < -0.39 is 5.41 Å². The third kappa shape index (κ3) is 4.58. The van der Waals surface area contributed by atoms with Crippen LogP contribution in [0.4, 0.5) is 4.39 Å². The van der Waals surface area contributed by atoms with Crippen molar-refractivity contribution in [1.29, 1.82) is 0 Å². The third-order valence-corrected chi connectivity index (χ3v) is 6.02. The molecule has 2 aromatic rings. The Morgan fingerprint density at radius 2 is 1.90 bits per heavy atom. The van der Waals surface area contributed by atoms with Crippen molar-refractivity contribution in [3.63, 3.8) is 0 Å². The summed E-state index contributed by atoms with van der Waals surface area (Å²) >= 11 is 0. The summed E-state index contributed by atoms with van der Waals surface area (Å²) in [4.78, 5) is 17.5. The molecule has 0 spiro atoms. The molecule has 4 rings (SSSR count). The lowest BCUT2D eigenvalue weighted by atomic mass is 9.73. The van der Waals surface area contributed by atoms with E-state index in [0.717, 1.165) is 24.0 Å². The molecule has 1 saturated heterocycles. The van der Waals surface area contributed by atoms with E-state index in [9.17, 15) is 9.18 Å². The zero-order chi connectivity index (χ0) is 20.1. The fourth-order valence-corrected chi connectivity index (χ4v) is 4.29. The molecule has 6 heteroatoms. The molecule has 1 aliphatic carbocycles. The summed E-state index contributed by atoms with van der Waals surface area (Å²) < 4.78 is 24.8. The minimum atomic E-state index is -0.692. The number of pyridine rings is 1. The van der Waals surface area contributed by atoms with Crippen LogP contribution >= 0.6 is 0 Å². The van der Waals surface area contributed by atoms with Gasteiger partial charge >= 0.3 is 0 Å². The van der Waals surface area contributed by atoms with Crippen LogP contribution in [0.3, 0.4) is 0 Å². The average Bonchev–Trinajstić information content (AvgIpc) is 3.26. The molecule has 1 aliphatic heterocycles. The number of ether oxygens (including phenoxy) is 2. The molecule has 29 heavy (non-hydrogen) atoms. The van der Waals surface area contributed by atoms with E-state index in [-0.39, 0.29) is 17.8 Å². The van der Waals surface area contributed by atoms with Crippen LogP contribution in [0, 0.1) is 5.82 Å². The molecule has 154 valence electrons. The van der Waals surface area contributed by atoms with Crippen molar-refractivity contribution >= 4 is 5.91 Å². The first kappa shape index (κ1) is 19.8. The number of carbonyl (C=O) groups is 1. The number of amides is 1. The predicted molar refractivity (Wildman–Crippen MR) is 107 cm³/mol. The van der Waals surface area contributed by atoms with Gasteiger partial charge in [-0.2, -0.15) is 0 Å². The predicted octanol–water partition coefficient (Wildman–Crippen LogP) is 3.91. The van der Waals surface area contributed by atoms with Crippen LogP contribution in [0.2, 0.25) is 0 Å². The summed E-state index contributed by atoms with van der Waals surface area (Å²) in [7, 11) is 0. The van der Waals surface area contributed by atoms with Gasteiger partial charge in [-0.25, -0.2) is 9.37 Å². The smallest absolute Gasteiger partial charge is 0.231 e. The second-order valence-electron chi connectivity index (χ2n) is 7.91. The van der Waals surface area contributed by atoms with Gasteiger partial charge in [0, 0.05) is 32.0 Å². The van der Waals surface area contributed by atoms with Crippen LogP contribution in [-0.2, 0) is 21.5 Å². The van der Waals surface area contributed by atoms with Crippen LogP contribution in [0.25, 0.3) is 0 Å². The van der Waals surface area contributed by atoms with Crippen molar-refractivity contribution in [3.05, 3.63) is 59.5 Å². The van der Waals surface area contributed by atoms with Crippen molar-refractivity contribution in [2.24, 2.45) is 0 Å². The normalized spacial score (nSPS) is 19.1. The maximum atomic E-state index is 13.4. The quantitative estimate of drug-likeness (QED) is 0.802.